The van der Waals surface area contributed by atoms with Crippen LogP contribution in [0.4, 0.5) is 0 Å². The van der Waals surface area contributed by atoms with E-state index in [1.54, 1.807) is 0 Å². The molecule has 1 aromatic heterocycles. The predicted molar refractivity (Wildman–Crippen MR) is 85.7 cm³/mol. The van der Waals surface area contributed by atoms with Crippen molar-refractivity contribution in [2.24, 2.45) is 0 Å². The van der Waals surface area contributed by atoms with E-state index >= 15 is 0 Å². The fourth-order valence-corrected chi connectivity index (χ4v) is 2.35. The van der Waals surface area contributed by atoms with E-state index in [1.165, 1.54) is 23.8 Å². The maximum atomic E-state index is 5.85. The fourth-order valence-electron chi connectivity index (χ4n) is 2.35. The molecule has 1 fully saturated rings. The number of fused-ring (bicyclic) bond motifs is 1. The average Bonchev–Trinajstić information content (AvgIpc) is 3.30. The van der Waals surface area contributed by atoms with Crippen LogP contribution in [0.15, 0.2) is 30.5 Å². The van der Waals surface area contributed by atoms with Crippen LogP contribution < -0.4 is 10.1 Å². The number of benzene rings is 1. The Balaban J connectivity index is 1.79. The number of hydrogen-bond donors (Lipinski definition) is 1. The molecule has 0 bridgehead atoms. The number of aromatic nitrogens is 1. The summed E-state index contributed by atoms with van der Waals surface area (Å²) in [5, 5.41) is 5.89. The van der Waals surface area contributed by atoms with Crippen LogP contribution >= 0.6 is 0 Å². The van der Waals surface area contributed by atoms with Crippen LogP contribution in [-0.2, 0) is 6.54 Å². The van der Waals surface area contributed by atoms with E-state index in [-0.39, 0.29) is 0 Å². The maximum Gasteiger partial charge on any atom is 0.221 e. The highest BCUT2D eigenvalue weighted by molar-refractivity contribution is 5.89. The number of rotatable bonds is 7. The first-order chi connectivity index (χ1) is 10.2. The van der Waals surface area contributed by atoms with E-state index in [2.05, 4.69) is 33.4 Å². The first-order valence-corrected chi connectivity index (χ1v) is 7.61. The first-order valence-electron chi connectivity index (χ1n) is 7.61. The van der Waals surface area contributed by atoms with Crippen molar-refractivity contribution in [1.29, 1.82) is 0 Å². The molecule has 1 aromatic carbocycles. The zero-order chi connectivity index (χ0) is 14.7. The summed E-state index contributed by atoms with van der Waals surface area (Å²) < 4.78 is 5.85. The molecular weight excluding hydrogens is 262 g/mol. The highest BCUT2D eigenvalue weighted by Crippen LogP contribution is 2.27. The smallest absolute Gasteiger partial charge is 0.221 e. The van der Waals surface area contributed by atoms with E-state index in [0.29, 0.717) is 12.6 Å². The molecule has 3 rings (SSSR count). The third kappa shape index (κ3) is 3.71. The van der Waals surface area contributed by atoms with Gasteiger partial charge in [-0.15, -0.1) is 0 Å². The van der Waals surface area contributed by atoms with Crippen LogP contribution in [-0.4, -0.2) is 43.2 Å². The molecule has 0 amide bonds. The lowest BCUT2D eigenvalue weighted by atomic mass is 10.1. The number of nitrogens with zero attached hydrogens (tertiary/aromatic N) is 2. The van der Waals surface area contributed by atoms with Gasteiger partial charge in [0.15, 0.2) is 0 Å². The SMILES string of the molecule is CN(C)CCOc1ncc(CNC2CC2)c2ccccc12. The maximum absolute atomic E-state index is 5.85. The van der Waals surface area contributed by atoms with Gasteiger partial charge in [0.25, 0.3) is 0 Å². The van der Waals surface area contributed by atoms with E-state index in [0.717, 1.165) is 24.4 Å². The molecule has 0 unspecified atom stereocenters. The summed E-state index contributed by atoms with van der Waals surface area (Å²) in [5.41, 5.74) is 1.25. The van der Waals surface area contributed by atoms with Gasteiger partial charge in [0.1, 0.15) is 6.61 Å². The topological polar surface area (TPSA) is 37.4 Å². The molecular formula is C17H23N3O. The minimum atomic E-state index is 0.656. The van der Waals surface area contributed by atoms with Crippen LogP contribution in [0.5, 0.6) is 5.88 Å². The van der Waals surface area contributed by atoms with Gasteiger partial charge in [-0.3, -0.25) is 0 Å². The van der Waals surface area contributed by atoms with Crippen molar-refractivity contribution >= 4 is 10.8 Å². The van der Waals surface area contributed by atoms with Gasteiger partial charge in [-0.05, 0) is 44.0 Å². The Morgan fingerprint density at radius 3 is 2.71 bits per heavy atom. The summed E-state index contributed by atoms with van der Waals surface area (Å²) in [6.07, 6.45) is 4.55. The minimum Gasteiger partial charge on any atom is -0.476 e. The number of likely N-dealkylation sites (N-methyl/N-ethyl adjacent to an activating group) is 1. The Hall–Kier alpha value is -1.65. The molecule has 1 N–H and O–H groups in total. The van der Waals surface area contributed by atoms with Gasteiger partial charge in [-0.2, -0.15) is 0 Å². The van der Waals surface area contributed by atoms with Crippen molar-refractivity contribution in [3.8, 4) is 5.88 Å². The molecule has 1 saturated carbocycles. The predicted octanol–water partition coefficient (Wildman–Crippen LogP) is 2.43. The lowest BCUT2D eigenvalue weighted by Crippen LogP contribution is -2.20. The van der Waals surface area contributed by atoms with Crippen molar-refractivity contribution in [2.45, 2.75) is 25.4 Å². The molecule has 21 heavy (non-hydrogen) atoms. The van der Waals surface area contributed by atoms with E-state index in [9.17, 15) is 0 Å². The van der Waals surface area contributed by atoms with Gasteiger partial charge in [-0.1, -0.05) is 18.2 Å². The van der Waals surface area contributed by atoms with Crippen LogP contribution in [0.1, 0.15) is 18.4 Å². The summed E-state index contributed by atoms with van der Waals surface area (Å²) in [4.78, 5) is 6.63. The Kier molecular flexibility index (Phi) is 4.36. The Labute approximate surface area is 126 Å². The molecule has 1 aliphatic rings. The third-order valence-corrected chi connectivity index (χ3v) is 3.78. The van der Waals surface area contributed by atoms with Gasteiger partial charge in [0.05, 0.1) is 0 Å². The van der Waals surface area contributed by atoms with Crippen LogP contribution in [0.3, 0.4) is 0 Å². The molecule has 4 nitrogen and oxygen atoms in total. The normalized spacial score (nSPS) is 14.8. The van der Waals surface area contributed by atoms with E-state index < -0.39 is 0 Å². The Morgan fingerprint density at radius 2 is 2.00 bits per heavy atom. The summed E-state index contributed by atoms with van der Waals surface area (Å²) in [5.74, 6) is 0.739. The van der Waals surface area contributed by atoms with Crippen molar-refractivity contribution in [3.05, 3.63) is 36.0 Å². The zero-order valence-corrected chi connectivity index (χ0v) is 12.8. The van der Waals surface area contributed by atoms with Crippen LogP contribution in [0.2, 0.25) is 0 Å². The molecule has 0 aliphatic heterocycles. The summed E-state index contributed by atoms with van der Waals surface area (Å²) in [6.45, 7) is 2.43. The first kappa shape index (κ1) is 14.3. The zero-order valence-electron chi connectivity index (χ0n) is 12.8. The van der Waals surface area contributed by atoms with Gasteiger partial charge >= 0.3 is 0 Å². The third-order valence-electron chi connectivity index (χ3n) is 3.78. The fraction of sp³-hybridized carbons (Fsp3) is 0.471. The number of nitrogens with one attached hydrogen (secondary N) is 1. The van der Waals surface area contributed by atoms with Crippen molar-refractivity contribution in [2.75, 3.05) is 27.2 Å². The minimum absolute atomic E-state index is 0.656. The summed E-state index contributed by atoms with van der Waals surface area (Å²) >= 11 is 0. The number of hydrogen-bond acceptors (Lipinski definition) is 4. The molecule has 1 heterocycles. The largest absolute Gasteiger partial charge is 0.476 e. The number of ether oxygens (including phenoxy) is 1. The molecule has 112 valence electrons. The molecule has 0 saturated heterocycles. The molecule has 4 heteroatoms. The standard InChI is InChI=1S/C17H23N3O/c1-20(2)9-10-21-17-16-6-4-3-5-15(16)13(12-19-17)11-18-14-7-8-14/h3-6,12,14,18H,7-11H2,1-2H3. The van der Waals surface area contributed by atoms with E-state index in [1.807, 2.05) is 26.4 Å². The van der Waals surface area contributed by atoms with Gasteiger partial charge in [-0.25, -0.2) is 4.98 Å². The van der Waals surface area contributed by atoms with E-state index in [4.69, 9.17) is 4.74 Å². The number of pyridine rings is 1. The second kappa shape index (κ2) is 6.41. The highest BCUT2D eigenvalue weighted by Gasteiger charge is 2.20. The molecule has 2 aromatic rings. The van der Waals surface area contributed by atoms with Crippen molar-refractivity contribution in [3.63, 3.8) is 0 Å². The monoisotopic (exact) mass is 285 g/mol. The lowest BCUT2D eigenvalue weighted by Gasteiger charge is -2.13. The quantitative estimate of drug-likeness (QED) is 0.848. The second-order valence-electron chi connectivity index (χ2n) is 5.94. The molecule has 0 spiro atoms. The van der Waals surface area contributed by atoms with Gasteiger partial charge in [0, 0.05) is 30.7 Å². The van der Waals surface area contributed by atoms with Gasteiger partial charge < -0.3 is 15.0 Å². The van der Waals surface area contributed by atoms with Crippen LogP contribution in [0, 0.1) is 0 Å². The van der Waals surface area contributed by atoms with Gasteiger partial charge in [0.2, 0.25) is 5.88 Å². The second-order valence-corrected chi connectivity index (χ2v) is 5.94. The average molecular weight is 285 g/mol. The van der Waals surface area contributed by atoms with Crippen molar-refractivity contribution < 1.29 is 4.74 Å². The Morgan fingerprint density at radius 1 is 1.24 bits per heavy atom. The lowest BCUT2D eigenvalue weighted by molar-refractivity contribution is 0.256. The molecule has 0 radical (unpaired) electrons. The van der Waals surface area contributed by atoms with Crippen LogP contribution in [0.25, 0.3) is 10.8 Å². The molecule has 1 aliphatic carbocycles. The summed E-state index contributed by atoms with van der Waals surface area (Å²) in [7, 11) is 4.09. The molecule has 0 atom stereocenters. The van der Waals surface area contributed by atoms with Crippen molar-refractivity contribution in [1.82, 2.24) is 15.2 Å². The Bertz CT molecular complexity index is 608. The summed E-state index contributed by atoms with van der Waals surface area (Å²) in [6, 6.07) is 9.07. The highest BCUT2D eigenvalue weighted by atomic mass is 16.5.